The smallest absolute Gasteiger partial charge is 0.416 e. The number of hydrogen-bond donors (Lipinski definition) is 0. The summed E-state index contributed by atoms with van der Waals surface area (Å²) in [5, 5.41) is 0. The van der Waals surface area contributed by atoms with Crippen molar-refractivity contribution in [3.63, 3.8) is 0 Å². The lowest BCUT2D eigenvalue weighted by atomic mass is 10.1. The number of carbonyl (C=O) groups excluding carboxylic acids is 1. The van der Waals surface area contributed by atoms with Gasteiger partial charge < -0.3 is 14.5 Å². The van der Waals surface area contributed by atoms with Crippen LogP contribution in [0.2, 0.25) is 0 Å². The van der Waals surface area contributed by atoms with Gasteiger partial charge in [-0.1, -0.05) is 32.0 Å². The van der Waals surface area contributed by atoms with E-state index in [9.17, 15) is 18.0 Å². The topological polar surface area (TPSA) is 32.8 Å². The van der Waals surface area contributed by atoms with Crippen LogP contribution in [-0.4, -0.2) is 43.1 Å². The number of amides is 1. The van der Waals surface area contributed by atoms with Crippen LogP contribution in [0.5, 0.6) is 5.75 Å². The molecule has 1 aliphatic heterocycles. The highest BCUT2D eigenvalue weighted by molar-refractivity contribution is 5.81. The first-order valence-electron chi connectivity index (χ1n) is 10.3. The van der Waals surface area contributed by atoms with Crippen molar-refractivity contribution < 1.29 is 22.7 Å². The van der Waals surface area contributed by atoms with Crippen LogP contribution in [0.3, 0.4) is 0 Å². The monoisotopic (exact) mass is 420 g/mol. The zero-order valence-corrected chi connectivity index (χ0v) is 17.3. The third-order valence-corrected chi connectivity index (χ3v) is 5.39. The van der Waals surface area contributed by atoms with E-state index in [1.807, 2.05) is 36.1 Å². The molecule has 0 spiro atoms. The highest BCUT2D eigenvalue weighted by Crippen LogP contribution is 2.32. The van der Waals surface area contributed by atoms with Crippen molar-refractivity contribution in [2.24, 2.45) is 0 Å². The third-order valence-electron chi connectivity index (χ3n) is 5.39. The summed E-state index contributed by atoms with van der Waals surface area (Å²) in [5.74, 6) is 0.579. The fourth-order valence-electron chi connectivity index (χ4n) is 3.54. The summed E-state index contributed by atoms with van der Waals surface area (Å²) in [7, 11) is 0. The first-order valence-corrected chi connectivity index (χ1v) is 10.3. The van der Waals surface area contributed by atoms with E-state index in [1.165, 1.54) is 11.6 Å². The van der Waals surface area contributed by atoms with Crippen molar-refractivity contribution in [1.82, 2.24) is 4.90 Å². The van der Waals surface area contributed by atoms with Crippen molar-refractivity contribution in [3.8, 4) is 5.75 Å². The van der Waals surface area contributed by atoms with Gasteiger partial charge in [-0.2, -0.15) is 13.2 Å². The number of carbonyl (C=O) groups is 1. The Balaban J connectivity index is 1.59. The minimum Gasteiger partial charge on any atom is -0.481 e. The Labute approximate surface area is 175 Å². The largest absolute Gasteiger partial charge is 0.481 e. The number of hydrogen-bond acceptors (Lipinski definition) is 3. The molecule has 3 rings (SSSR count). The highest BCUT2D eigenvalue weighted by Gasteiger charge is 2.32. The molecule has 1 amide bonds. The number of anilines is 1. The standard InChI is InChI=1S/C23H27F3N2O2/c1-3-17-8-10-20(11-9-17)30-21(4-2)22(29)28-14-12-27(13-15-28)19-7-5-6-18(16-19)23(24,25)26/h5-11,16,21H,3-4,12-15H2,1-2H3/t21-/m0/s1. The summed E-state index contributed by atoms with van der Waals surface area (Å²) in [6.45, 7) is 5.84. The molecule has 0 bridgehead atoms. The molecule has 1 fully saturated rings. The molecule has 4 nitrogen and oxygen atoms in total. The highest BCUT2D eigenvalue weighted by atomic mass is 19.4. The minimum absolute atomic E-state index is 0.0826. The van der Waals surface area contributed by atoms with Crippen LogP contribution in [0, 0.1) is 0 Å². The molecular formula is C23H27F3N2O2. The molecule has 0 radical (unpaired) electrons. The molecule has 0 saturated carbocycles. The van der Waals surface area contributed by atoms with Crippen molar-refractivity contribution in [2.75, 3.05) is 31.1 Å². The molecule has 162 valence electrons. The molecule has 2 aromatic rings. The van der Waals surface area contributed by atoms with E-state index in [0.29, 0.717) is 44.0 Å². The van der Waals surface area contributed by atoms with Gasteiger partial charge in [-0.05, 0) is 48.7 Å². The number of ether oxygens (including phenoxy) is 1. The molecule has 1 saturated heterocycles. The zero-order valence-electron chi connectivity index (χ0n) is 17.3. The van der Waals surface area contributed by atoms with Gasteiger partial charge in [0.1, 0.15) is 5.75 Å². The maximum Gasteiger partial charge on any atom is 0.416 e. The normalized spacial score (nSPS) is 15.8. The van der Waals surface area contributed by atoms with Crippen LogP contribution < -0.4 is 9.64 Å². The van der Waals surface area contributed by atoms with E-state index in [0.717, 1.165) is 18.6 Å². The average Bonchev–Trinajstić information content (AvgIpc) is 2.77. The van der Waals surface area contributed by atoms with E-state index in [4.69, 9.17) is 4.74 Å². The van der Waals surface area contributed by atoms with Crippen LogP contribution in [0.1, 0.15) is 31.4 Å². The number of nitrogens with zero attached hydrogens (tertiary/aromatic N) is 2. The Morgan fingerprint density at radius 1 is 1.03 bits per heavy atom. The van der Waals surface area contributed by atoms with E-state index >= 15 is 0 Å². The molecule has 1 aliphatic rings. The van der Waals surface area contributed by atoms with E-state index in [-0.39, 0.29) is 5.91 Å². The van der Waals surface area contributed by atoms with Gasteiger partial charge in [-0.3, -0.25) is 4.79 Å². The number of rotatable bonds is 6. The Hall–Kier alpha value is -2.70. The molecule has 0 aromatic heterocycles. The number of benzene rings is 2. The summed E-state index contributed by atoms with van der Waals surface area (Å²) < 4.78 is 44.8. The van der Waals surface area contributed by atoms with E-state index < -0.39 is 17.8 Å². The second-order valence-electron chi connectivity index (χ2n) is 7.37. The lowest BCUT2D eigenvalue weighted by Crippen LogP contribution is -2.52. The van der Waals surface area contributed by atoms with Gasteiger partial charge >= 0.3 is 6.18 Å². The molecule has 2 aromatic carbocycles. The van der Waals surface area contributed by atoms with Gasteiger partial charge in [-0.15, -0.1) is 0 Å². The Morgan fingerprint density at radius 2 is 1.70 bits per heavy atom. The fourth-order valence-corrected chi connectivity index (χ4v) is 3.54. The van der Waals surface area contributed by atoms with E-state index in [2.05, 4.69) is 6.92 Å². The molecule has 0 aliphatic carbocycles. The predicted molar refractivity (Wildman–Crippen MR) is 111 cm³/mol. The average molecular weight is 420 g/mol. The van der Waals surface area contributed by atoms with Gasteiger partial charge in [0, 0.05) is 31.9 Å². The third kappa shape index (κ3) is 5.26. The van der Waals surface area contributed by atoms with Crippen molar-refractivity contribution in [2.45, 2.75) is 39.0 Å². The molecule has 7 heteroatoms. The minimum atomic E-state index is -4.37. The molecule has 1 atom stereocenters. The van der Waals surface area contributed by atoms with Crippen LogP contribution in [0.15, 0.2) is 48.5 Å². The SMILES string of the molecule is CCc1ccc(O[C@@H](CC)C(=O)N2CCN(c3cccc(C(F)(F)F)c3)CC2)cc1. The quantitative estimate of drug-likeness (QED) is 0.675. The molecule has 30 heavy (non-hydrogen) atoms. The zero-order chi connectivity index (χ0) is 21.7. The van der Waals surface area contributed by atoms with Gasteiger partial charge in [0.05, 0.1) is 5.56 Å². The molecule has 1 heterocycles. The molecule has 0 unspecified atom stereocenters. The molecule has 0 N–H and O–H groups in total. The summed E-state index contributed by atoms with van der Waals surface area (Å²) in [4.78, 5) is 16.5. The van der Waals surface area contributed by atoms with Gasteiger partial charge in [0.15, 0.2) is 6.10 Å². The first kappa shape index (κ1) is 22.0. The number of aryl methyl sites for hydroxylation is 1. The van der Waals surface area contributed by atoms with Crippen LogP contribution in [0.25, 0.3) is 0 Å². The lowest BCUT2D eigenvalue weighted by Gasteiger charge is -2.37. The number of halogens is 3. The van der Waals surface area contributed by atoms with Crippen LogP contribution in [-0.2, 0) is 17.4 Å². The van der Waals surface area contributed by atoms with E-state index in [1.54, 1.807) is 11.0 Å². The Morgan fingerprint density at radius 3 is 2.27 bits per heavy atom. The summed E-state index contributed by atoms with van der Waals surface area (Å²) in [6.07, 6.45) is -3.46. The van der Waals surface area contributed by atoms with Crippen molar-refractivity contribution >= 4 is 11.6 Å². The van der Waals surface area contributed by atoms with Crippen LogP contribution in [0.4, 0.5) is 18.9 Å². The second-order valence-corrected chi connectivity index (χ2v) is 7.37. The van der Waals surface area contributed by atoms with Gasteiger partial charge in [0.2, 0.25) is 0 Å². The van der Waals surface area contributed by atoms with Crippen LogP contribution >= 0.6 is 0 Å². The maximum absolute atomic E-state index is 13.0. The first-order chi connectivity index (χ1) is 14.3. The lowest BCUT2D eigenvalue weighted by molar-refractivity contribution is -0.139. The summed E-state index contributed by atoms with van der Waals surface area (Å²) in [5.41, 5.74) is 1.07. The Kier molecular flexibility index (Phi) is 6.90. The van der Waals surface area contributed by atoms with Gasteiger partial charge in [0.25, 0.3) is 5.91 Å². The predicted octanol–water partition coefficient (Wildman–Crippen LogP) is 4.77. The Bertz CT molecular complexity index is 844. The fraction of sp³-hybridized carbons (Fsp3) is 0.435. The van der Waals surface area contributed by atoms with Gasteiger partial charge in [-0.25, -0.2) is 0 Å². The number of alkyl halides is 3. The maximum atomic E-state index is 13.0. The van der Waals surface area contributed by atoms with Crippen molar-refractivity contribution in [1.29, 1.82) is 0 Å². The summed E-state index contributed by atoms with van der Waals surface area (Å²) in [6, 6.07) is 13.0. The second kappa shape index (κ2) is 9.41. The number of piperazine rings is 1. The van der Waals surface area contributed by atoms with Crippen molar-refractivity contribution in [3.05, 3.63) is 59.7 Å². The summed E-state index contributed by atoms with van der Waals surface area (Å²) >= 11 is 0. The molecular weight excluding hydrogens is 393 g/mol.